The van der Waals surface area contributed by atoms with Crippen LogP contribution in [0.3, 0.4) is 0 Å². The van der Waals surface area contributed by atoms with Crippen molar-refractivity contribution in [2.24, 2.45) is 0 Å². The molecule has 0 aliphatic carbocycles. The van der Waals surface area contributed by atoms with Gasteiger partial charge in [-0.25, -0.2) is 4.98 Å². The van der Waals surface area contributed by atoms with Crippen LogP contribution in [0, 0.1) is 0 Å². The van der Waals surface area contributed by atoms with Crippen LogP contribution in [0.2, 0.25) is 0 Å². The van der Waals surface area contributed by atoms with E-state index in [9.17, 15) is 0 Å². The van der Waals surface area contributed by atoms with Crippen molar-refractivity contribution in [3.63, 3.8) is 0 Å². The fourth-order valence-corrected chi connectivity index (χ4v) is 2.56. The van der Waals surface area contributed by atoms with Crippen molar-refractivity contribution in [2.45, 2.75) is 45.4 Å². The van der Waals surface area contributed by atoms with E-state index in [2.05, 4.69) is 33.6 Å². The molecule has 0 saturated carbocycles. The van der Waals surface area contributed by atoms with Gasteiger partial charge in [0, 0.05) is 44.6 Å². The van der Waals surface area contributed by atoms with E-state index < -0.39 is 0 Å². The van der Waals surface area contributed by atoms with Crippen molar-refractivity contribution in [3.05, 3.63) is 18.7 Å². The molecule has 1 N–H and O–H groups in total. The molecule has 1 aliphatic heterocycles. The number of aryl methyl sites for hydroxylation is 1. The van der Waals surface area contributed by atoms with Crippen LogP contribution in [0.25, 0.3) is 0 Å². The monoisotopic (exact) mass is 280 g/mol. The molecule has 0 aromatic carbocycles. The number of rotatable bonds is 8. The number of hydrogen-bond donors (Lipinski definition) is 1. The number of nitrogens with zero attached hydrogens (tertiary/aromatic N) is 3. The van der Waals surface area contributed by atoms with Crippen LogP contribution in [0.15, 0.2) is 18.7 Å². The smallest absolute Gasteiger partial charge is 0.0945 e. The first-order chi connectivity index (χ1) is 9.75. The molecule has 0 bridgehead atoms. The Kier molecular flexibility index (Phi) is 6.50. The Morgan fingerprint density at radius 3 is 3.05 bits per heavy atom. The number of morpholine rings is 1. The molecule has 114 valence electrons. The van der Waals surface area contributed by atoms with Crippen LogP contribution in [-0.2, 0) is 11.3 Å². The molecule has 1 fully saturated rings. The third-order valence-corrected chi connectivity index (χ3v) is 3.85. The first-order valence-corrected chi connectivity index (χ1v) is 7.78. The highest BCUT2D eigenvalue weighted by Crippen LogP contribution is 2.08. The van der Waals surface area contributed by atoms with Gasteiger partial charge in [0.25, 0.3) is 0 Å². The Morgan fingerprint density at radius 2 is 2.30 bits per heavy atom. The van der Waals surface area contributed by atoms with Gasteiger partial charge in [-0.1, -0.05) is 0 Å². The second-order valence-corrected chi connectivity index (χ2v) is 5.79. The average Bonchev–Trinajstić information content (AvgIpc) is 2.96. The summed E-state index contributed by atoms with van der Waals surface area (Å²) in [7, 11) is 0. The quantitative estimate of drug-likeness (QED) is 0.730. The van der Waals surface area contributed by atoms with Gasteiger partial charge in [0.05, 0.1) is 19.0 Å². The molecule has 2 heterocycles. The minimum atomic E-state index is 0.347. The molecule has 1 atom stereocenters. The van der Waals surface area contributed by atoms with Crippen LogP contribution >= 0.6 is 0 Å². The minimum Gasteiger partial charge on any atom is -0.374 e. The van der Waals surface area contributed by atoms with Crippen molar-refractivity contribution in [1.82, 2.24) is 19.8 Å². The van der Waals surface area contributed by atoms with Gasteiger partial charge in [-0.2, -0.15) is 0 Å². The van der Waals surface area contributed by atoms with Gasteiger partial charge < -0.3 is 14.6 Å². The zero-order valence-corrected chi connectivity index (χ0v) is 12.8. The second-order valence-electron chi connectivity index (χ2n) is 5.79. The molecule has 1 saturated heterocycles. The number of unbranched alkanes of at least 4 members (excludes halogenated alkanes) is 1. The number of aromatic nitrogens is 2. The summed E-state index contributed by atoms with van der Waals surface area (Å²) in [5.74, 6) is 0. The van der Waals surface area contributed by atoms with Crippen LogP contribution in [-0.4, -0.2) is 59.4 Å². The summed E-state index contributed by atoms with van der Waals surface area (Å²) in [5.41, 5.74) is 0. The molecule has 1 unspecified atom stereocenters. The minimum absolute atomic E-state index is 0.347. The maximum atomic E-state index is 5.81. The molecule has 1 aromatic heterocycles. The molecule has 0 spiro atoms. The zero-order chi connectivity index (χ0) is 14.2. The van der Waals surface area contributed by atoms with Gasteiger partial charge in [-0.05, 0) is 33.2 Å². The number of nitrogens with one attached hydrogen (secondary N) is 1. The standard InChI is InChI=1S/C15H28N4O/c1-14(2)19-9-10-20-15(12-19)11-16-5-3-4-7-18-8-6-17-13-18/h6,8,13-16H,3-5,7,9-12H2,1-2H3. The summed E-state index contributed by atoms with van der Waals surface area (Å²) < 4.78 is 7.94. The third kappa shape index (κ3) is 5.23. The average molecular weight is 280 g/mol. The Labute approximate surface area is 122 Å². The number of imidazole rings is 1. The summed E-state index contributed by atoms with van der Waals surface area (Å²) in [6.45, 7) is 10.6. The van der Waals surface area contributed by atoms with E-state index in [1.165, 1.54) is 12.8 Å². The number of hydrogen-bond acceptors (Lipinski definition) is 4. The molecule has 2 rings (SSSR count). The normalized spacial score (nSPS) is 20.6. The van der Waals surface area contributed by atoms with Crippen LogP contribution in [0.1, 0.15) is 26.7 Å². The van der Waals surface area contributed by atoms with E-state index in [0.717, 1.165) is 39.3 Å². The lowest BCUT2D eigenvalue weighted by atomic mass is 10.2. The van der Waals surface area contributed by atoms with E-state index in [1.54, 1.807) is 0 Å². The summed E-state index contributed by atoms with van der Waals surface area (Å²) >= 11 is 0. The fraction of sp³-hybridized carbons (Fsp3) is 0.800. The summed E-state index contributed by atoms with van der Waals surface area (Å²) in [4.78, 5) is 6.54. The highest BCUT2D eigenvalue weighted by Gasteiger charge is 2.21. The third-order valence-electron chi connectivity index (χ3n) is 3.85. The topological polar surface area (TPSA) is 42.3 Å². The maximum Gasteiger partial charge on any atom is 0.0945 e. The molecular weight excluding hydrogens is 252 g/mol. The predicted molar refractivity (Wildman–Crippen MR) is 80.8 cm³/mol. The van der Waals surface area contributed by atoms with Gasteiger partial charge in [-0.15, -0.1) is 0 Å². The van der Waals surface area contributed by atoms with Crippen molar-refractivity contribution in [3.8, 4) is 0 Å². The molecule has 0 radical (unpaired) electrons. The van der Waals surface area contributed by atoms with E-state index in [0.29, 0.717) is 12.1 Å². The van der Waals surface area contributed by atoms with E-state index in [-0.39, 0.29) is 0 Å². The Hall–Kier alpha value is -0.910. The van der Waals surface area contributed by atoms with Gasteiger partial charge in [0.1, 0.15) is 0 Å². The maximum absolute atomic E-state index is 5.81. The van der Waals surface area contributed by atoms with Crippen molar-refractivity contribution < 1.29 is 4.74 Å². The van der Waals surface area contributed by atoms with E-state index in [4.69, 9.17) is 4.74 Å². The highest BCUT2D eigenvalue weighted by atomic mass is 16.5. The summed E-state index contributed by atoms with van der Waals surface area (Å²) in [6, 6.07) is 0.622. The first kappa shape index (κ1) is 15.5. The molecule has 0 amide bonds. The summed E-state index contributed by atoms with van der Waals surface area (Å²) in [5, 5.41) is 3.52. The SMILES string of the molecule is CC(C)N1CCOC(CNCCCCn2ccnc2)C1. The molecular formula is C15H28N4O. The number of ether oxygens (including phenoxy) is 1. The van der Waals surface area contributed by atoms with Gasteiger partial charge >= 0.3 is 0 Å². The van der Waals surface area contributed by atoms with Gasteiger partial charge in [0.2, 0.25) is 0 Å². The Morgan fingerprint density at radius 1 is 1.40 bits per heavy atom. The van der Waals surface area contributed by atoms with Crippen molar-refractivity contribution >= 4 is 0 Å². The lowest BCUT2D eigenvalue weighted by Crippen LogP contribution is -2.49. The fourth-order valence-electron chi connectivity index (χ4n) is 2.56. The van der Waals surface area contributed by atoms with Gasteiger partial charge in [-0.3, -0.25) is 4.90 Å². The Balaban J connectivity index is 1.50. The van der Waals surface area contributed by atoms with E-state index >= 15 is 0 Å². The van der Waals surface area contributed by atoms with Gasteiger partial charge in [0.15, 0.2) is 0 Å². The highest BCUT2D eigenvalue weighted by molar-refractivity contribution is 4.76. The zero-order valence-electron chi connectivity index (χ0n) is 12.8. The van der Waals surface area contributed by atoms with Crippen molar-refractivity contribution in [2.75, 3.05) is 32.8 Å². The second kappa shape index (κ2) is 8.39. The lowest BCUT2D eigenvalue weighted by Gasteiger charge is -2.35. The predicted octanol–water partition coefficient (Wildman–Crippen LogP) is 1.36. The molecule has 5 heteroatoms. The molecule has 20 heavy (non-hydrogen) atoms. The lowest BCUT2D eigenvalue weighted by molar-refractivity contribution is -0.0370. The first-order valence-electron chi connectivity index (χ1n) is 7.78. The largest absolute Gasteiger partial charge is 0.374 e. The molecule has 5 nitrogen and oxygen atoms in total. The molecule has 1 aromatic rings. The van der Waals surface area contributed by atoms with Crippen molar-refractivity contribution in [1.29, 1.82) is 0 Å². The summed E-state index contributed by atoms with van der Waals surface area (Å²) in [6.07, 6.45) is 8.46. The van der Waals surface area contributed by atoms with Crippen LogP contribution in [0.4, 0.5) is 0 Å². The van der Waals surface area contributed by atoms with E-state index in [1.807, 2.05) is 18.7 Å². The van der Waals surface area contributed by atoms with Crippen LogP contribution < -0.4 is 5.32 Å². The Bertz CT molecular complexity index is 353. The van der Waals surface area contributed by atoms with Crippen LogP contribution in [0.5, 0.6) is 0 Å². The molecule has 1 aliphatic rings.